The minimum Gasteiger partial charge on any atom is -0.459 e. The lowest BCUT2D eigenvalue weighted by Crippen LogP contribution is -1.94. The van der Waals surface area contributed by atoms with Crippen LogP contribution in [0.3, 0.4) is 0 Å². The van der Waals surface area contributed by atoms with Crippen molar-refractivity contribution in [2.75, 3.05) is 7.11 Å². The van der Waals surface area contributed by atoms with Crippen LogP contribution in [0.25, 0.3) is 0 Å². The number of nitrogens with zero attached hydrogens (tertiary/aromatic N) is 2. The molecule has 0 aromatic carbocycles. The predicted octanol–water partition coefficient (Wildman–Crippen LogP) is 0.478. The minimum absolute atomic E-state index is 0.265. The number of nitriles is 1. The standard InChI is InChI=1S/C10H6N2O2/c1-14-10(13)3-2-8-4-5-12-9(6-8)7-11/h4-6H,1H3. The molecule has 1 heterocycles. The van der Waals surface area contributed by atoms with E-state index < -0.39 is 5.97 Å². The fourth-order valence-electron chi connectivity index (χ4n) is 0.744. The molecular formula is C10H6N2O2. The Bertz CT molecular complexity index is 449. The molecule has 0 saturated heterocycles. The Morgan fingerprint density at radius 3 is 3.07 bits per heavy atom. The molecule has 0 unspecified atom stereocenters. The molecule has 1 rings (SSSR count). The number of carbonyl (C=O) groups is 1. The summed E-state index contributed by atoms with van der Waals surface area (Å²) in [5, 5.41) is 8.53. The van der Waals surface area contributed by atoms with Crippen LogP contribution < -0.4 is 0 Å². The third-order valence-corrected chi connectivity index (χ3v) is 1.37. The molecule has 0 radical (unpaired) electrons. The van der Waals surface area contributed by atoms with Gasteiger partial charge in [0.05, 0.1) is 7.11 Å². The summed E-state index contributed by atoms with van der Waals surface area (Å²) in [5.41, 5.74) is 0.823. The highest BCUT2D eigenvalue weighted by Crippen LogP contribution is 1.98. The third kappa shape index (κ3) is 2.62. The number of hydrogen-bond donors (Lipinski definition) is 0. The van der Waals surface area contributed by atoms with Gasteiger partial charge in [0.1, 0.15) is 11.8 Å². The molecule has 0 amide bonds. The topological polar surface area (TPSA) is 63.0 Å². The molecule has 4 heteroatoms. The highest BCUT2D eigenvalue weighted by Gasteiger charge is 1.93. The van der Waals surface area contributed by atoms with E-state index in [2.05, 4.69) is 21.6 Å². The average molecular weight is 186 g/mol. The van der Waals surface area contributed by atoms with Gasteiger partial charge in [-0.2, -0.15) is 5.26 Å². The SMILES string of the molecule is COC(=O)C#Cc1ccnc(C#N)c1. The van der Waals surface area contributed by atoms with E-state index in [1.54, 1.807) is 6.07 Å². The molecule has 68 valence electrons. The van der Waals surface area contributed by atoms with E-state index in [0.29, 0.717) is 5.56 Å². The molecule has 14 heavy (non-hydrogen) atoms. The van der Waals surface area contributed by atoms with E-state index in [1.165, 1.54) is 19.4 Å². The van der Waals surface area contributed by atoms with Crippen LogP contribution in [0.2, 0.25) is 0 Å². The van der Waals surface area contributed by atoms with Crippen molar-refractivity contribution in [1.29, 1.82) is 5.26 Å². The number of aromatic nitrogens is 1. The first-order chi connectivity index (χ1) is 6.76. The Hall–Kier alpha value is -2.33. The number of esters is 1. The summed E-state index contributed by atoms with van der Waals surface area (Å²) < 4.78 is 4.34. The van der Waals surface area contributed by atoms with Crippen LogP contribution in [0.4, 0.5) is 0 Å². The van der Waals surface area contributed by atoms with Crippen LogP contribution in [-0.4, -0.2) is 18.1 Å². The molecule has 0 fully saturated rings. The van der Waals surface area contributed by atoms with Gasteiger partial charge >= 0.3 is 5.97 Å². The normalized spacial score (nSPS) is 8.00. The van der Waals surface area contributed by atoms with E-state index in [1.807, 2.05) is 6.07 Å². The summed E-state index contributed by atoms with van der Waals surface area (Å²) in [6.07, 6.45) is 1.46. The maximum atomic E-state index is 10.7. The van der Waals surface area contributed by atoms with Crippen molar-refractivity contribution in [3.63, 3.8) is 0 Å². The van der Waals surface area contributed by atoms with Gasteiger partial charge in [0.25, 0.3) is 0 Å². The smallest absolute Gasteiger partial charge is 0.384 e. The zero-order chi connectivity index (χ0) is 10.4. The first kappa shape index (κ1) is 9.76. The van der Waals surface area contributed by atoms with Crippen LogP contribution >= 0.6 is 0 Å². The van der Waals surface area contributed by atoms with Gasteiger partial charge in [0.15, 0.2) is 0 Å². The van der Waals surface area contributed by atoms with Gasteiger partial charge in [-0.15, -0.1) is 0 Å². The molecule has 4 nitrogen and oxygen atoms in total. The fourth-order valence-corrected chi connectivity index (χ4v) is 0.744. The number of rotatable bonds is 0. The van der Waals surface area contributed by atoms with Gasteiger partial charge in [-0.1, -0.05) is 5.92 Å². The molecule has 0 saturated carbocycles. The van der Waals surface area contributed by atoms with Gasteiger partial charge in [-0.25, -0.2) is 9.78 Å². The molecule has 0 aliphatic rings. The van der Waals surface area contributed by atoms with E-state index in [4.69, 9.17) is 5.26 Å². The highest BCUT2D eigenvalue weighted by atomic mass is 16.5. The first-order valence-corrected chi connectivity index (χ1v) is 3.72. The van der Waals surface area contributed by atoms with Crippen LogP contribution in [0.15, 0.2) is 18.3 Å². The second-order valence-corrected chi connectivity index (χ2v) is 2.28. The van der Waals surface area contributed by atoms with E-state index >= 15 is 0 Å². The minimum atomic E-state index is -0.611. The summed E-state index contributed by atoms with van der Waals surface area (Å²) >= 11 is 0. The number of ether oxygens (including phenoxy) is 1. The van der Waals surface area contributed by atoms with Crippen molar-refractivity contribution in [3.8, 4) is 17.9 Å². The third-order valence-electron chi connectivity index (χ3n) is 1.37. The predicted molar refractivity (Wildman–Crippen MR) is 47.8 cm³/mol. The molecule has 0 bridgehead atoms. The van der Waals surface area contributed by atoms with Gasteiger partial charge < -0.3 is 4.74 Å². The van der Waals surface area contributed by atoms with Crippen LogP contribution in [0.5, 0.6) is 0 Å². The van der Waals surface area contributed by atoms with Crippen molar-refractivity contribution in [3.05, 3.63) is 29.6 Å². The highest BCUT2D eigenvalue weighted by molar-refractivity contribution is 5.88. The molecule has 0 N–H and O–H groups in total. The summed E-state index contributed by atoms with van der Waals surface area (Å²) in [6, 6.07) is 4.98. The lowest BCUT2D eigenvalue weighted by molar-refractivity contribution is -0.133. The number of pyridine rings is 1. The van der Waals surface area contributed by atoms with Crippen LogP contribution in [0.1, 0.15) is 11.3 Å². The molecule has 0 aliphatic heterocycles. The molecule has 0 atom stereocenters. The Balaban J connectivity index is 2.91. The maximum Gasteiger partial charge on any atom is 0.384 e. The van der Waals surface area contributed by atoms with Crippen molar-refractivity contribution in [2.45, 2.75) is 0 Å². The Labute approximate surface area is 81.1 Å². The number of carbonyl (C=O) groups excluding carboxylic acids is 1. The lowest BCUT2D eigenvalue weighted by Gasteiger charge is -1.89. The zero-order valence-electron chi connectivity index (χ0n) is 7.44. The second-order valence-electron chi connectivity index (χ2n) is 2.28. The average Bonchev–Trinajstić information content (AvgIpc) is 2.26. The molecular weight excluding hydrogens is 180 g/mol. The van der Waals surface area contributed by atoms with Crippen molar-refractivity contribution >= 4 is 5.97 Å². The Morgan fingerprint density at radius 2 is 2.43 bits per heavy atom. The quantitative estimate of drug-likeness (QED) is 0.436. The first-order valence-electron chi connectivity index (χ1n) is 3.72. The molecule has 0 spiro atoms. The second kappa shape index (κ2) is 4.64. The fraction of sp³-hybridized carbons (Fsp3) is 0.100. The van der Waals surface area contributed by atoms with E-state index in [-0.39, 0.29) is 5.69 Å². The summed E-state index contributed by atoms with van der Waals surface area (Å²) in [5.74, 6) is 4.20. The molecule has 1 aromatic rings. The summed E-state index contributed by atoms with van der Waals surface area (Å²) in [7, 11) is 1.25. The molecule has 1 aromatic heterocycles. The number of methoxy groups -OCH3 is 1. The largest absolute Gasteiger partial charge is 0.459 e. The van der Waals surface area contributed by atoms with Crippen molar-refractivity contribution < 1.29 is 9.53 Å². The van der Waals surface area contributed by atoms with E-state index in [0.717, 1.165) is 0 Å². The van der Waals surface area contributed by atoms with Gasteiger partial charge in [0.2, 0.25) is 0 Å². The van der Waals surface area contributed by atoms with Gasteiger partial charge in [-0.3, -0.25) is 0 Å². The van der Waals surface area contributed by atoms with Crippen molar-refractivity contribution in [2.24, 2.45) is 0 Å². The Morgan fingerprint density at radius 1 is 1.64 bits per heavy atom. The van der Waals surface area contributed by atoms with E-state index in [9.17, 15) is 4.79 Å². The monoisotopic (exact) mass is 186 g/mol. The van der Waals surface area contributed by atoms with Crippen LogP contribution in [0, 0.1) is 23.2 Å². The summed E-state index contributed by atoms with van der Waals surface area (Å²) in [6.45, 7) is 0. The number of hydrogen-bond acceptors (Lipinski definition) is 4. The van der Waals surface area contributed by atoms with Gasteiger partial charge in [-0.05, 0) is 12.1 Å². The summed E-state index contributed by atoms with van der Waals surface area (Å²) in [4.78, 5) is 14.4. The van der Waals surface area contributed by atoms with Crippen molar-refractivity contribution in [1.82, 2.24) is 4.98 Å². The maximum absolute atomic E-state index is 10.7. The molecule has 0 aliphatic carbocycles. The van der Waals surface area contributed by atoms with Gasteiger partial charge in [0, 0.05) is 17.7 Å². The zero-order valence-corrected chi connectivity index (χ0v) is 7.44. The lowest BCUT2D eigenvalue weighted by atomic mass is 10.2. The van der Waals surface area contributed by atoms with Crippen LogP contribution in [-0.2, 0) is 9.53 Å². The Kier molecular flexibility index (Phi) is 3.23.